The molecule has 122 valence electrons. The molecule has 21 heavy (non-hydrogen) atoms. The molecule has 1 atom stereocenters. The molecule has 0 amide bonds. The van der Waals surface area contributed by atoms with Crippen LogP contribution in [0.4, 0.5) is 0 Å². The van der Waals surface area contributed by atoms with Crippen molar-refractivity contribution in [2.45, 2.75) is 39.8 Å². The number of nitrogens with one attached hydrogen (secondary N) is 1. The van der Waals surface area contributed by atoms with Crippen LogP contribution < -0.4 is 5.32 Å². The molecule has 6 heteroatoms. The number of aliphatic hydroxyl groups excluding tert-OH is 1. The molecule has 0 saturated heterocycles. The molecule has 0 bridgehead atoms. The number of rotatable bonds is 12. The van der Waals surface area contributed by atoms with Crippen LogP contribution in [0, 0.1) is 13.8 Å². The average molecular weight is 299 g/mol. The number of hydrogen-bond donors (Lipinski definition) is 2. The lowest BCUT2D eigenvalue weighted by molar-refractivity contribution is 0.00654. The predicted molar refractivity (Wildman–Crippen MR) is 82.5 cm³/mol. The van der Waals surface area contributed by atoms with Gasteiger partial charge in [-0.3, -0.25) is 4.68 Å². The smallest absolute Gasteiger partial charge is 0.0897 e. The van der Waals surface area contributed by atoms with Gasteiger partial charge in [0.1, 0.15) is 0 Å². The first kappa shape index (κ1) is 18.1. The van der Waals surface area contributed by atoms with E-state index in [1.165, 1.54) is 5.69 Å². The Morgan fingerprint density at radius 2 is 2.10 bits per heavy atom. The number of nitrogens with zero attached hydrogens (tertiary/aromatic N) is 2. The molecule has 0 radical (unpaired) electrons. The number of ether oxygens (including phenoxy) is 2. The van der Waals surface area contributed by atoms with Gasteiger partial charge in [0.2, 0.25) is 0 Å². The summed E-state index contributed by atoms with van der Waals surface area (Å²) >= 11 is 0. The Hall–Kier alpha value is -0.950. The third-order valence-corrected chi connectivity index (χ3v) is 3.09. The van der Waals surface area contributed by atoms with Crippen LogP contribution in [-0.2, 0) is 16.0 Å². The van der Waals surface area contributed by atoms with E-state index in [2.05, 4.69) is 23.4 Å². The second-order valence-corrected chi connectivity index (χ2v) is 5.13. The van der Waals surface area contributed by atoms with E-state index in [1.807, 2.05) is 18.5 Å². The molecule has 2 N–H and O–H groups in total. The van der Waals surface area contributed by atoms with Crippen LogP contribution in [0.1, 0.15) is 24.7 Å². The van der Waals surface area contributed by atoms with E-state index in [0.29, 0.717) is 33.0 Å². The van der Waals surface area contributed by atoms with Gasteiger partial charge in [0.25, 0.3) is 0 Å². The van der Waals surface area contributed by atoms with Gasteiger partial charge in [-0.2, -0.15) is 5.10 Å². The fourth-order valence-electron chi connectivity index (χ4n) is 2.06. The van der Waals surface area contributed by atoms with Crippen molar-refractivity contribution in [2.75, 3.05) is 39.5 Å². The predicted octanol–water partition coefficient (Wildman–Crippen LogP) is 0.894. The highest BCUT2D eigenvalue weighted by atomic mass is 16.5. The summed E-state index contributed by atoms with van der Waals surface area (Å²) in [4.78, 5) is 0. The number of aryl methyl sites for hydroxylation is 3. The summed E-state index contributed by atoms with van der Waals surface area (Å²) in [5, 5.41) is 17.4. The van der Waals surface area contributed by atoms with E-state index in [1.54, 1.807) is 0 Å². The molecule has 1 unspecified atom stereocenters. The Morgan fingerprint density at radius 3 is 2.76 bits per heavy atom. The summed E-state index contributed by atoms with van der Waals surface area (Å²) in [6, 6.07) is 2.08. The SMILES string of the molecule is CCOCCOCC(O)CNCCCn1nc(C)cc1C. The Balaban J connectivity index is 1.97. The van der Waals surface area contributed by atoms with E-state index in [4.69, 9.17) is 9.47 Å². The molecule has 1 rings (SSSR count). The van der Waals surface area contributed by atoms with Crippen LogP contribution in [0.15, 0.2) is 6.07 Å². The van der Waals surface area contributed by atoms with Crippen molar-refractivity contribution in [2.24, 2.45) is 0 Å². The van der Waals surface area contributed by atoms with Gasteiger partial charge in [-0.25, -0.2) is 0 Å². The third-order valence-electron chi connectivity index (χ3n) is 3.09. The van der Waals surface area contributed by atoms with Crippen molar-refractivity contribution >= 4 is 0 Å². The van der Waals surface area contributed by atoms with Crippen LogP contribution in [0.25, 0.3) is 0 Å². The van der Waals surface area contributed by atoms with Crippen molar-refractivity contribution in [1.29, 1.82) is 0 Å². The molecule has 0 aliphatic heterocycles. The zero-order chi connectivity index (χ0) is 15.5. The first-order chi connectivity index (χ1) is 10.1. The Kier molecular flexibility index (Phi) is 9.25. The first-order valence-electron chi connectivity index (χ1n) is 7.68. The quantitative estimate of drug-likeness (QED) is 0.561. The summed E-state index contributed by atoms with van der Waals surface area (Å²) in [5.41, 5.74) is 2.25. The maximum atomic E-state index is 9.72. The lowest BCUT2D eigenvalue weighted by Crippen LogP contribution is -2.31. The molecular weight excluding hydrogens is 270 g/mol. The van der Waals surface area contributed by atoms with Crippen molar-refractivity contribution in [3.8, 4) is 0 Å². The van der Waals surface area contributed by atoms with Crippen LogP contribution in [0.2, 0.25) is 0 Å². The molecule has 0 aromatic carbocycles. The highest BCUT2D eigenvalue weighted by Gasteiger charge is 2.04. The minimum atomic E-state index is -0.472. The molecule has 0 aliphatic carbocycles. The molecule has 6 nitrogen and oxygen atoms in total. The van der Waals surface area contributed by atoms with Crippen molar-refractivity contribution in [3.05, 3.63) is 17.5 Å². The highest BCUT2D eigenvalue weighted by molar-refractivity contribution is 5.06. The lowest BCUT2D eigenvalue weighted by Gasteiger charge is -2.12. The Labute approximate surface area is 127 Å². The summed E-state index contributed by atoms with van der Waals surface area (Å²) in [5.74, 6) is 0. The van der Waals surface area contributed by atoms with Crippen LogP contribution >= 0.6 is 0 Å². The molecule has 0 spiro atoms. The lowest BCUT2D eigenvalue weighted by atomic mass is 10.3. The second kappa shape index (κ2) is 10.7. The molecule has 0 aliphatic rings. The van der Waals surface area contributed by atoms with Gasteiger partial charge >= 0.3 is 0 Å². The van der Waals surface area contributed by atoms with Gasteiger partial charge in [-0.15, -0.1) is 0 Å². The van der Waals surface area contributed by atoms with Crippen molar-refractivity contribution in [3.63, 3.8) is 0 Å². The Morgan fingerprint density at radius 1 is 1.33 bits per heavy atom. The summed E-state index contributed by atoms with van der Waals surface area (Å²) in [6.45, 7) is 10.5. The normalized spacial score (nSPS) is 12.8. The summed E-state index contributed by atoms with van der Waals surface area (Å²) in [7, 11) is 0. The second-order valence-electron chi connectivity index (χ2n) is 5.13. The van der Waals surface area contributed by atoms with Gasteiger partial charge < -0.3 is 19.9 Å². The van der Waals surface area contributed by atoms with E-state index in [-0.39, 0.29) is 0 Å². The number of aromatic nitrogens is 2. The largest absolute Gasteiger partial charge is 0.389 e. The fraction of sp³-hybridized carbons (Fsp3) is 0.800. The molecule has 0 saturated carbocycles. The molecule has 1 aromatic rings. The van der Waals surface area contributed by atoms with Crippen LogP contribution in [-0.4, -0.2) is 60.5 Å². The third kappa shape index (κ3) is 8.16. The standard InChI is InChI=1S/C15H29N3O3/c1-4-20-8-9-21-12-15(19)11-16-6-5-7-18-14(3)10-13(2)17-18/h10,15-16,19H,4-9,11-12H2,1-3H3. The van der Waals surface area contributed by atoms with E-state index in [0.717, 1.165) is 25.2 Å². The van der Waals surface area contributed by atoms with Crippen LogP contribution in [0.5, 0.6) is 0 Å². The van der Waals surface area contributed by atoms with Crippen LogP contribution in [0.3, 0.4) is 0 Å². The van der Waals surface area contributed by atoms with Gasteiger partial charge in [-0.1, -0.05) is 0 Å². The first-order valence-corrected chi connectivity index (χ1v) is 7.68. The van der Waals surface area contributed by atoms with Crippen molar-refractivity contribution < 1.29 is 14.6 Å². The summed E-state index contributed by atoms with van der Waals surface area (Å²) in [6.07, 6.45) is 0.514. The molecule has 0 fully saturated rings. The average Bonchev–Trinajstić information content (AvgIpc) is 2.76. The Bertz CT molecular complexity index is 382. The van der Waals surface area contributed by atoms with Gasteiger partial charge in [0.05, 0.1) is 31.6 Å². The molecule has 1 heterocycles. The van der Waals surface area contributed by atoms with E-state index in [9.17, 15) is 5.11 Å². The monoisotopic (exact) mass is 299 g/mol. The molecular formula is C15H29N3O3. The number of aliphatic hydroxyl groups is 1. The fourth-order valence-corrected chi connectivity index (χ4v) is 2.06. The van der Waals surface area contributed by atoms with E-state index >= 15 is 0 Å². The zero-order valence-corrected chi connectivity index (χ0v) is 13.5. The molecule has 1 aromatic heterocycles. The number of hydrogen-bond acceptors (Lipinski definition) is 5. The van der Waals surface area contributed by atoms with Gasteiger partial charge in [0, 0.05) is 25.4 Å². The maximum absolute atomic E-state index is 9.72. The highest BCUT2D eigenvalue weighted by Crippen LogP contribution is 2.02. The summed E-state index contributed by atoms with van der Waals surface area (Å²) < 4.78 is 12.5. The van der Waals surface area contributed by atoms with Crippen molar-refractivity contribution in [1.82, 2.24) is 15.1 Å². The van der Waals surface area contributed by atoms with E-state index < -0.39 is 6.10 Å². The topological polar surface area (TPSA) is 68.5 Å². The van der Waals surface area contributed by atoms with Gasteiger partial charge in [-0.05, 0) is 39.8 Å². The minimum Gasteiger partial charge on any atom is -0.389 e. The minimum absolute atomic E-state index is 0.345. The van der Waals surface area contributed by atoms with Gasteiger partial charge in [0.15, 0.2) is 0 Å². The maximum Gasteiger partial charge on any atom is 0.0897 e. The zero-order valence-electron chi connectivity index (χ0n) is 13.5.